The third kappa shape index (κ3) is 4.54. The third-order valence-electron chi connectivity index (χ3n) is 2.23. The van der Waals surface area contributed by atoms with E-state index < -0.39 is 20.7 Å². The number of nitro groups is 1. The standard InChI is InChI=1S/C10H12N2O6S/c1-19(17,18)5-4-11-9-3-2-7(12(15)16)6-8(9)10(13)14/h2-3,6,11H,4-5H2,1H3,(H,13,14). The lowest BCUT2D eigenvalue weighted by molar-refractivity contribution is -0.384. The van der Waals surface area contributed by atoms with Crippen LogP contribution in [0.4, 0.5) is 11.4 Å². The van der Waals surface area contributed by atoms with E-state index in [0.717, 1.165) is 18.4 Å². The van der Waals surface area contributed by atoms with Gasteiger partial charge in [-0.15, -0.1) is 0 Å². The summed E-state index contributed by atoms with van der Waals surface area (Å²) in [6, 6.07) is 3.31. The van der Waals surface area contributed by atoms with Crippen LogP contribution in [0, 0.1) is 10.1 Å². The molecule has 2 N–H and O–H groups in total. The van der Waals surface area contributed by atoms with Crippen molar-refractivity contribution in [3.05, 3.63) is 33.9 Å². The van der Waals surface area contributed by atoms with Gasteiger partial charge in [-0.2, -0.15) is 0 Å². The maximum atomic E-state index is 11.0. The Kier molecular flexibility index (Phi) is 4.43. The van der Waals surface area contributed by atoms with E-state index in [-0.39, 0.29) is 29.2 Å². The third-order valence-corrected chi connectivity index (χ3v) is 3.18. The zero-order valence-corrected chi connectivity index (χ0v) is 10.8. The summed E-state index contributed by atoms with van der Waals surface area (Å²) in [6.45, 7) is 0.0247. The molecular formula is C10H12N2O6S. The normalized spacial score (nSPS) is 11.0. The van der Waals surface area contributed by atoms with Crippen LogP contribution in [-0.4, -0.2) is 43.0 Å². The van der Waals surface area contributed by atoms with Gasteiger partial charge in [0.15, 0.2) is 0 Å². The first-order chi connectivity index (χ1) is 8.70. The summed E-state index contributed by atoms with van der Waals surface area (Å²) in [5, 5.41) is 22.1. The molecule has 0 radical (unpaired) electrons. The van der Waals surface area contributed by atoms with Crippen LogP contribution in [-0.2, 0) is 9.84 Å². The van der Waals surface area contributed by atoms with Gasteiger partial charge in [0, 0.05) is 30.6 Å². The highest BCUT2D eigenvalue weighted by molar-refractivity contribution is 7.90. The van der Waals surface area contributed by atoms with Gasteiger partial charge in [-0.05, 0) is 6.07 Å². The van der Waals surface area contributed by atoms with Crippen LogP contribution in [0.2, 0.25) is 0 Å². The fourth-order valence-corrected chi connectivity index (χ4v) is 1.82. The number of anilines is 1. The van der Waals surface area contributed by atoms with Crippen molar-refractivity contribution in [1.82, 2.24) is 0 Å². The topological polar surface area (TPSA) is 127 Å². The highest BCUT2D eigenvalue weighted by Crippen LogP contribution is 2.22. The van der Waals surface area contributed by atoms with Gasteiger partial charge in [0.25, 0.3) is 5.69 Å². The molecule has 0 bridgehead atoms. The first kappa shape index (κ1) is 14.9. The predicted molar refractivity (Wildman–Crippen MR) is 68.3 cm³/mol. The Morgan fingerprint density at radius 1 is 1.47 bits per heavy atom. The molecule has 0 atom stereocenters. The number of benzene rings is 1. The molecule has 8 nitrogen and oxygen atoms in total. The zero-order valence-electron chi connectivity index (χ0n) is 9.99. The number of hydrogen-bond donors (Lipinski definition) is 2. The number of non-ortho nitro benzene ring substituents is 1. The first-order valence-corrected chi connectivity index (χ1v) is 7.20. The number of carboxylic acid groups (broad SMARTS) is 1. The van der Waals surface area contributed by atoms with Crippen molar-refractivity contribution in [3.8, 4) is 0 Å². The lowest BCUT2D eigenvalue weighted by Gasteiger charge is -2.08. The molecule has 0 heterocycles. The molecule has 1 rings (SSSR count). The summed E-state index contributed by atoms with van der Waals surface area (Å²) < 4.78 is 21.9. The van der Waals surface area contributed by atoms with Crippen molar-refractivity contribution >= 4 is 27.2 Å². The number of nitro benzene ring substituents is 1. The molecule has 1 aromatic carbocycles. The Hall–Kier alpha value is -2.16. The van der Waals surface area contributed by atoms with Crippen LogP contribution in [0.1, 0.15) is 10.4 Å². The number of nitrogens with zero attached hydrogens (tertiary/aromatic N) is 1. The molecule has 0 aromatic heterocycles. The van der Waals surface area contributed by atoms with Gasteiger partial charge in [-0.25, -0.2) is 13.2 Å². The lowest BCUT2D eigenvalue weighted by atomic mass is 10.1. The Balaban J connectivity index is 2.94. The fraction of sp³-hybridized carbons (Fsp3) is 0.300. The smallest absolute Gasteiger partial charge is 0.338 e. The molecule has 0 fully saturated rings. The number of hydrogen-bond acceptors (Lipinski definition) is 6. The van der Waals surface area contributed by atoms with E-state index in [1.807, 2.05) is 0 Å². The quantitative estimate of drug-likeness (QED) is 0.584. The Morgan fingerprint density at radius 3 is 2.58 bits per heavy atom. The van der Waals surface area contributed by atoms with Crippen molar-refractivity contribution in [2.75, 3.05) is 23.9 Å². The number of carboxylic acids is 1. The van der Waals surface area contributed by atoms with Crippen LogP contribution in [0.3, 0.4) is 0 Å². The maximum Gasteiger partial charge on any atom is 0.338 e. The molecule has 0 unspecified atom stereocenters. The second-order valence-corrected chi connectivity index (χ2v) is 6.11. The monoisotopic (exact) mass is 288 g/mol. The average Bonchev–Trinajstić information content (AvgIpc) is 2.27. The highest BCUT2D eigenvalue weighted by atomic mass is 32.2. The molecule has 104 valence electrons. The number of carbonyl (C=O) groups is 1. The molecule has 19 heavy (non-hydrogen) atoms. The van der Waals surface area contributed by atoms with Gasteiger partial charge < -0.3 is 10.4 Å². The average molecular weight is 288 g/mol. The molecule has 9 heteroatoms. The van der Waals surface area contributed by atoms with Gasteiger partial charge in [0.05, 0.1) is 16.2 Å². The second-order valence-electron chi connectivity index (χ2n) is 3.85. The fourth-order valence-electron chi connectivity index (χ4n) is 1.35. The minimum Gasteiger partial charge on any atom is -0.478 e. The van der Waals surface area contributed by atoms with E-state index in [2.05, 4.69) is 5.32 Å². The van der Waals surface area contributed by atoms with Crippen LogP contribution < -0.4 is 5.32 Å². The maximum absolute atomic E-state index is 11.0. The summed E-state index contributed by atoms with van der Waals surface area (Å²) in [7, 11) is -3.17. The van der Waals surface area contributed by atoms with E-state index in [0.29, 0.717) is 0 Å². The number of sulfone groups is 1. The van der Waals surface area contributed by atoms with Crippen molar-refractivity contribution in [3.63, 3.8) is 0 Å². The molecule has 1 aromatic rings. The van der Waals surface area contributed by atoms with Crippen LogP contribution in [0.15, 0.2) is 18.2 Å². The molecular weight excluding hydrogens is 276 g/mol. The Bertz CT molecular complexity index is 610. The minimum atomic E-state index is -3.17. The Labute approximate surface area is 109 Å². The van der Waals surface area contributed by atoms with Gasteiger partial charge in [-0.3, -0.25) is 10.1 Å². The first-order valence-electron chi connectivity index (χ1n) is 5.14. The summed E-state index contributed by atoms with van der Waals surface area (Å²) in [5.74, 6) is -1.49. The molecule has 0 saturated carbocycles. The van der Waals surface area contributed by atoms with E-state index in [1.165, 1.54) is 6.07 Å². The predicted octanol–water partition coefficient (Wildman–Crippen LogP) is 0.749. The minimum absolute atomic E-state index is 0.0247. The molecule has 0 aliphatic carbocycles. The van der Waals surface area contributed by atoms with Crippen molar-refractivity contribution < 1.29 is 23.2 Å². The van der Waals surface area contributed by atoms with E-state index in [4.69, 9.17) is 5.11 Å². The van der Waals surface area contributed by atoms with E-state index in [1.54, 1.807) is 0 Å². The molecule has 0 saturated heterocycles. The summed E-state index contributed by atoms with van der Waals surface area (Å²) in [4.78, 5) is 20.8. The van der Waals surface area contributed by atoms with Gasteiger partial charge in [-0.1, -0.05) is 0 Å². The van der Waals surface area contributed by atoms with Gasteiger partial charge in [0.2, 0.25) is 0 Å². The highest BCUT2D eigenvalue weighted by Gasteiger charge is 2.16. The summed E-state index contributed by atoms with van der Waals surface area (Å²) in [6.07, 6.45) is 1.06. The van der Waals surface area contributed by atoms with Crippen molar-refractivity contribution in [2.24, 2.45) is 0 Å². The largest absolute Gasteiger partial charge is 0.478 e. The van der Waals surface area contributed by atoms with E-state index in [9.17, 15) is 23.3 Å². The number of nitrogens with one attached hydrogen (secondary N) is 1. The summed E-state index contributed by atoms with van der Waals surface area (Å²) in [5.41, 5.74) is -0.476. The van der Waals surface area contributed by atoms with E-state index >= 15 is 0 Å². The van der Waals surface area contributed by atoms with Crippen molar-refractivity contribution in [2.45, 2.75) is 0 Å². The van der Waals surface area contributed by atoms with Crippen LogP contribution in [0.5, 0.6) is 0 Å². The van der Waals surface area contributed by atoms with Crippen LogP contribution >= 0.6 is 0 Å². The van der Waals surface area contributed by atoms with Gasteiger partial charge in [0.1, 0.15) is 9.84 Å². The molecule has 0 aliphatic heterocycles. The van der Waals surface area contributed by atoms with Gasteiger partial charge >= 0.3 is 5.97 Å². The number of rotatable bonds is 6. The Morgan fingerprint density at radius 2 is 2.11 bits per heavy atom. The molecule has 0 aliphatic rings. The number of aromatic carboxylic acids is 1. The lowest BCUT2D eigenvalue weighted by Crippen LogP contribution is -2.16. The second kappa shape index (κ2) is 5.65. The van der Waals surface area contributed by atoms with Crippen molar-refractivity contribution in [1.29, 1.82) is 0 Å². The SMILES string of the molecule is CS(=O)(=O)CCNc1ccc([N+](=O)[O-])cc1C(=O)O. The zero-order chi connectivity index (χ0) is 14.6. The summed E-state index contributed by atoms with van der Waals surface area (Å²) >= 11 is 0. The molecule has 0 amide bonds. The molecule has 0 spiro atoms. The van der Waals surface area contributed by atoms with Crippen LogP contribution in [0.25, 0.3) is 0 Å².